The maximum atomic E-state index is 5.42. The smallest absolute Gasteiger partial charge is 0.185 e. The van der Waals surface area contributed by atoms with Gasteiger partial charge in [-0.15, -0.1) is 0 Å². The average Bonchev–Trinajstić information content (AvgIpc) is 2.27. The monoisotopic (exact) mass is 217 g/mol. The minimum Gasteiger partial charge on any atom is -0.370 e. The van der Waals surface area contributed by atoms with Crippen molar-refractivity contribution in [2.24, 2.45) is 16.5 Å². The van der Waals surface area contributed by atoms with Gasteiger partial charge in [-0.3, -0.25) is 4.99 Å². The number of benzene rings is 1. The summed E-state index contributed by atoms with van der Waals surface area (Å²) in [6.45, 7) is 2.93. The molecule has 2 rings (SSSR count). The molecule has 86 valence electrons. The number of hydrogen-bond acceptors (Lipinski definition) is 1. The summed E-state index contributed by atoms with van der Waals surface area (Å²) in [4.78, 5) is 4.19. The highest BCUT2D eigenvalue weighted by molar-refractivity contribution is 5.75. The third kappa shape index (κ3) is 2.03. The molecule has 0 aliphatic heterocycles. The number of aliphatic imine (C=N–C) groups is 1. The summed E-state index contributed by atoms with van der Waals surface area (Å²) in [5.74, 6) is 0.185. The highest BCUT2D eigenvalue weighted by Gasteiger charge is 2.31. The Kier molecular flexibility index (Phi) is 2.86. The van der Waals surface area contributed by atoms with Crippen molar-refractivity contribution in [3.8, 4) is 0 Å². The van der Waals surface area contributed by atoms with E-state index >= 15 is 0 Å². The summed E-state index contributed by atoms with van der Waals surface area (Å²) in [7, 11) is 0. The normalized spacial score (nSPS) is 23.6. The molecule has 1 atom stereocenters. The minimum absolute atomic E-state index is 0.0961. The molecule has 1 aromatic rings. The summed E-state index contributed by atoms with van der Waals surface area (Å²) in [6.07, 6.45) is 3.54. The second-order valence-corrected chi connectivity index (χ2v) is 4.81. The summed E-state index contributed by atoms with van der Waals surface area (Å²) in [5, 5.41) is 0. The van der Waals surface area contributed by atoms with E-state index in [4.69, 9.17) is 11.5 Å². The minimum atomic E-state index is 0.0961. The fourth-order valence-corrected chi connectivity index (χ4v) is 2.56. The second kappa shape index (κ2) is 4.16. The summed E-state index contributed by atoms with van der Waals surface area (Å²) < 4.78 is 0. The van der Waals surface area contributed by atoms with Crippen LogP contribution < -0.4 is 11.5 Å². The lowest BCUT2D eigenvalue weighted by Crippen LogP contribution is -2.33. The molecule has 0 fully saturated rings. The molecule has 0 saturated heterocycles. The molecule has 0 radical (unpaired) electrons. The van der Waals surface area contributed by atoms with Crippen molar-refractivity contribution in [2.75, 3.05) is 6.54 Å². The molecule has 16 heavy (non-hydrogen) atoms. The van der Waals surface area contributed by atoms with E-state index in [1.807, 2.05) is 0 Å². The van der Waals surface area contributed by atoms with Crippen LogP contribution in [0.1, 0.15) is 30.9 Å². The number of rotatable bonds is 2. The third-order valence-corrected chi connectivity index (χ3v) is 3.45. The van der Waals surface area contributed by atoms with E-state index in [1.54, 1.807) is 0 Å². The van der Waals surface area contributed by atoms with E-state index in [2.05, 4.69) is 36.2 Å². The molecule has 3 nitrogen and oxygen atoms in total. The van der Waals surface area contributed by atoms with Crippen LogP contribution in [0.15, 0.2) is 29.3 Å². The summed E-state index contributed by atoms with van der Waals surface area (Å²) >= 11 is 0. The van der Waals surface area contributed by atoms with Crippen molar-refractivity contribution >= 4 is 5.96 Å². The zero-order valence-corrected chi connectivity index (χ0v) is 9.74. The van der Waals surface area contributed by atoms with Crippen molar-refractivity contribution in [1.82, 2.24) is 0 Å². The first kappa shape index (κ1) is 11.0. The van der Waals surface area contributed by atoms with Gasteiger partial charge in [0, 0.05) is 5.41 Å². The van der Waals surface area contributed by atoms with Crippen LogP contribution in [0.25, 0.3) is 0 Å². The molecule has 4 N–H and O–H groups in total. The second-order valence-electron chi connectivity index (χ2n) is 4.81. The first-order chi connectivity index (χ1) is 7.62. The van der Waals surface area contributed by atoms with Crippen LogP contribution in [0.4, 0.5) is 0 Å². The van der Waals surface area contributed by atoms with Gasteiger partial charge in [-0.25, -0.2) is 0 Å². The SMILES string of the molecule is CC1(CN=C(N)N)CCCc2ccccc21. The van der Waals surface area contributed by atoms with Crippen LogP contribution >= 0.6 is 0 Å². The van der Waals surface area contributed by atoms with E-state index in [0.29, 0.717) is 6.54 Å². The number of hydrogen-bond donors (Lipinski definition) is 2. The molecule has 1 aliphatic rings. The molecular formula is C13H19N3. The van der Waals surface area contributed by atoms with Crippen LogP contribution in [0, 0.1) is 0 Å². The van der Waals surface area contributed by atoms with E-state index in [9.17, 15) is 0 Å². The molecule has 1 unspecified atom stereocenters. The van der Waals surface area contributed by atoms with Crippen LogP contribution in [0.3, 0.4) is 0 Å². The highest BCUT2D eigenvalue weighted by Crippen LogP contribution is 2.37. The van der Waals surface area contributed by atoms with Crippen LogP contribution in [0.2, 0.25) is 0 Å². The van der Waals surface area contributed by atoms with Crippen LogP contribution in [-0.2, 0) is 11.8 Å². The Balaban J connectivity index is 2.33. The van der Waals surface area contributed by atoms with Gasteiger partial charge in [-0.2, -0.15) is 0 Å². The number of fused-ring (bicyclic) bond motifs is 1. The maximum Gasteiger partial charge on any atom is 0.185 e. The predicted molar refractivity (Wildman–Crippen MR) is 67.4 cm³/mol. The Labute approximate surface area is 96.6 Å². The van der Waals surface area contributed by atoms with Crippen LogP contribution in [-0.4, -0.2) is 12.5 Å². The lowest BCUT2D eigenvalue weighted by molar-refractivity contribution is 0.405. The van der Waals surface area contributed by atoms with Gasteiger partial charge >= 0.3 is 0 Å². The molecule has 0 heterocycles. The Morgan fingerprint density at radius 2 is 2.12 bits per heavy atom. The zero-order chi connectivity index (χ0) is 11.6. The molecule has 0 amide bonds. The van der Waals surface area contributed by atoms with Gasteiger partial charge in [0.1, 0.15) is 0 Å². The number of guanidine groups is 1. The number of aryl methyl sites for hydroxylation is 1. The van der Waals surface area contributed by atoms with E-state index in [0.717, 1.165) is 6.42 Å². The van der Waals surface area contributed by atoms with Gasteiger partial charge in [0.05, 0.1) is 6.54 Å². The number of nitrogens with zero attached hydrogens (tertiary/aromatic N) is 1. The first-order valence-electron chi connectivity index (χ1n) is 5.76. The van der Waals surface area contributed by atoms with Crippen molar-refractivity contribution in [3.63, 3.8) is 0 Å². The third-order valence-electron chi connectivity index (χ3n) is 3.45. The lowest BCUT2D eigenvalue weighted by atomic mass is 9.71. The lowest BCUT2D eigenvalue weighted by Gasteiger charge is -2.34. The van der Waals surface area contributed by atoms with Crippen molar-refractivity contribution in [3.05, 3.63) is 35.4 Å². The summed E-state index contributed by atoms with van der Waals surface area (Å²) in [5.41, 5.74) is 13.8. The van der Waals surface area contributed by atoms with Gasteiger partial charge in [-0.05, 0) is 30.4 Å². The van der Waals surface area contributed by atoms with Gasteiger partial charge in [0.25, 0.3) is 0 Å². The fraction of sp³-hybridized carbons (Fsp3) is 0.462. The topological polar surface area (TPSA) is 64.4 Å². The Morgan fingerprint density at radius 1 is 1.38 bits per heavy atom. The molecular weight excluding hydrogens is 198 g/mol. The zero-order valence-electron chi connectivity index (χ0n) is 9.74. The quantitative estimate of drug-likeness (QED) is 0.583. The van der Waals surface area contributed by atoms with Crippen molar-refractivity contribution in [2.45, 2.75) is 31.6 Å². The van der Waals surface area contributed by atoms with Crippen molar-refractivity contribution in [1.29, 1.82) is 0 Å². The largest absolute Gasteiger partial charge is 0.370 e. The van der Waals surface area contributed by atoms with Gasteiger partial charge < -0.3 is 11.5 Å². The van der Waals surface area contributed by atoms with E-state index in [1.165, 1.54) is 24.0 Å². The highest BCUT2D eigenvalue weighted by atomic mass is 15.0. The molecule has 0 aromatic heterocycles. The van der Waals surface area contributed by atoms with E-state index < -0.39 is 0 Å². The molecule has 0 spiro atoms. The van der Waals surface area contributed by atoms with Gasteiger partial charge in [-0.1, -0.05) is 31.2 Å². The van der Waals surface area contributed by atoms with E-state index in [-0.39, 0.29) is 11.4 Å². The average molecular weight is 217 g/mol. The standard InChI is InChI=1S/C13H19N3/c1-13(9-16-12(14)15)8-4-6-10-5-2-3-7-11(10)13/h2-3,5,7H,4,6,8-9H2,1H3,(H4,14,15,16). The van der Waals surface area contributed by atoms with Crippen LogP contribution in [0.5, 0.6) is 0 Å². The Bertz CT molecular complexity index is 407. The first-order valence-corrected chi connectivity index (χ1v) is 5.76. The Morgan fingerprint density at radius 3 is 2.88 bits per heavy atom. The fourth-order valence-electron chi connectivity index (χ4n) is 2.56. The molecule has 1 aromatic carbocycles. The molecule has 0 saturated carbocycles. The molecule has 3 heteroatoms. The number of nitrogens with two attached hydrogens (primary N) is 2. The summed E-state index contributed by atoms with van der Waals surface area (Å²) in [6, 6.07) is 8.61. The van der Waals surface area contributed by atoms with Gasteiger partial charge in [0.2, 0.25) is 0 Å². The molecule has 1 aliphatic carbocycles. The predicted octanol–water partition coefficient (Wildman–Crippen LogP) is 1.55. The van der Waals surface area contributed by atoms with Gasteiger partial charge in [0.15, 0.2) is 5.96 Å². The van der Waals surface area contributed by atoms with Crippen molar-refractivity contribution < 1.29 is 0 Å². The Hall–Kier alpha value is -1.51. The maximum absolute atomic E-state index is 5.42. The molecule has 0 bridgehead atoms.